The number of nitrogens with zero attached hydrogens (tertiary/aromatic N) is 1. The average Bonchev–Trinajstić information content (AvgIpc) is 2.56. The third-order valence-electron chi connectivity index (χ3n) is 4.03. The first-order chi connectivity index (χ1) is 5.21. The Morgan fingerprint density at radius 2 is 1.64 bits per heavy atom. The Morgan fingerprint density at radius 1 is 1.09 bits per heavy atom. The van der Waals surface area contributed by atoms with Crippen molar-refractivity contribution in [3.63, 3.8) is 0 Å². The fourth-order valence-corrected chi connectivity index (χ4v) is 3.29. The summed E-state index contributed by atoms with van der Waals surface area (Å²) in [5, 5.41) is 0. The molecule has 3 heterocycles. The van der Waals surface area contributed by atoms with Gasteiger partial charge in [0.05, 0.1) is 14.1 Å². The lowest BCUT2D eigenvalue weighted by molar-refractivity contribution is -0.937. The molecule has 0 aromatic carbocycles. The zero-order valence-electron chi connectivity index (χ0n) is 7.29. The molecule has 0 unspecified atom stereocenters. The minimum Gasteiger partial charge on any atom is -0.357 e. The van der Waals surface area contributed by atoms with E-state index in [-0.39, 0.29) is 0 Å². The Labute approximate surface area is 67.7 Å². The quantitative estimate of drug-likeness (QED) is 0.371. The Bertz CT molecular complexity index is 184. The Morgan fingerprint density at radius 3 is 2.09 bits per heavy atom. The van der Waals surface area contributed by atoms with Crippen LogP contribution in [0.15, 0.2) is 0 Å². The van der Waals surface area contributed by atoms with Gasteiger partial charge in [-0.05, 0) is 6.42 Å². The lowest BCUT2D eigenvalue weighted by Crippen LogP contribution is -2.56. The van der Waals surface area contributed by atoms with Gasteiger partial charge in [0.25, 0.3) is 0 Å². The first-order valence-corrected chi connectivity index (χ1v) is 4.70. The van der Waals surface area contributed by atoms with Crippen molar-refractivity contribution in [2.75, 3.05) is 14.1 Å². The second kappa shape index (κ2) is 1.64. The van der Waals surface area contributed by atoms with Crippen LogP contribution in [0.2, 0.25) is 0 Å². The zero-order chi connectivity index (χ0) is 7.64. The normalized spacial score (nSPS) is 57.3. The SMILES string of the molecule is C[N+]1(C)[C@@H]2CCC[C@H]1[C@@H]1O[C@@H]12. The standard InChI is InChI=1S/C9H16NO/c1-10(2)6-4-3-5-7(10)9-8(6)11-9/h6-9H,3-5H2,1-2H3/q+1/t6-,7+,8-,9+. The molecule has 3 saturated heterocycles. The van der Waals surface area contributed by atoms with Crippen molar-refractivity contribution < 1.29 is 9.22 Å². The van der Waals surface area contributed by atoms with Crippen LogP contribution in [0.1, 0.15) is 19.3 Å². The highest BCUT2D eigenvalue weighted by Gasteiger charge is 2.68. The van der Waals surface area contributed by atoms with Crippen molar-refractivity contribution in [1.82, 2.24) is 0 Å². The van der Waals surface area contributed by atoms with Gasteiger partial charge in [-0.1, -0.05) is 0 Å². The summed E-state index contributed by atoms with van der Waals surface area (Å²) in [7, 11) is 4.76. The van der Waals surface area contributed by atoms with E-state index in [4.69, 9.17) is 4.74 Å². The molecule has 0 N–H and O–H groups in total. The van der Waals surface area contributed by atoms with Gasteiger partial charge in [-0.2, -0.15) is 0 Å². The summed E-state index contributed by atoms with van der Waals surface area (Å²) in [4.78, 5) is 0. The number of quaternary nitrogens is 1. The summed E-state index contributed by atoms with van der Waals surface area (Å²) < 4.78 is 6.89. The molecule has 2 heteroatoms. The fraction of sp³-hybridized carbons (Fsp3) is 1.00. The predicted molar refractivity (Wildman–Crippen MR) is 42.2 cm³/mol. The van der Waals surface area contributed by atoms with Crippen molar-refractivity contribution in [3.05, 3.63) is 0 Å². The monoisotopic (exact) mass is 154 g/mol. The summed E-state index contributed by atoms with van der Waals surface area (Å²) in [6.45, 7) is 0. The maximum absolute atomic E-state index is 5.64. The third-order valence-corrected chi connectivity index (χ3v) is 4.03. The van der Waals surface area contributed by atoms with Gasteiger partial charge in [-0.3, -0.25) is 0 Å². The summed E-state index contributed by atoms with van der Waals surface area (Å²) in [6, 6.07) is 1.66. The van der Waals surface area contributed by atoms with E-state index < -0.39 is 0 Å². The number of epoxide rings is 1. The van der Waals surface area contributed by atoms with Crippen LogP contribution in [0, 0.1) is 0 Å². The van der Waals surface area contributed by atoms with Gasteiger partial charge in [-0.15, -0.1) is 0 Å². The van der Waals surface area contributed by atoms with Crippen LogP contribution >= 0.6 is 0 Å². The Balaban J connectivity index is 2.00. The maximum Gasteiger partial charge on any atom is 0.142 e. The number of ether oxygens (including phenoxy) is 1. The highest BCUT2D eigenvalue weighted by Crippen LogP contribution is 2.50. The molecular weight excluding hydrogens is 138 g/mol. The number of hydrogen-bond acceptors (Lipinski definition) is 1. The lowest BCUT2D eigenvalue weighted by Gasteiger charge is -2.43. The van der Waals surface area contributed by atoms with E-state index >= 15 is 0 Å². The molecule has 0 aliphatic carbocycles. The van der Waals surface area contributed by atoms with E-state index in [9.17, 15) is 0 Å². The number of likely N-dealkylation sites (N-methyl/N-ethyl adjacent to an activating group) is 1. The van der Waals surface area contributed by atoms with Gasteiger partial charge >= 0.3 is 0 Å². The molecule has 0 aromatic rings. The van der Waals surface area contributed by atoms with E-state index in [2.05, 4.69) is 14.1 Å². The maximum atomic E-state index is 5.64. The summed E-state index contributed by atoms with van der Waals surface area (Å²) in [5.41, 5.74) is 0. The van der Waals surface area contributed by atoms with Crippen LogP contribution in [0.5, 0.6) is 0 Å². The van der Waals surface area contributed by atoms with Crippen molar-refractivity contribution in [3.8, 4) is 0 Å². The van der Waals surface area contributed by atoms with Crippen LogP contribution in [-0.4, -0.2) is 42.9 Å². The molecule has 2 nitrogen and oxygen atoms in total. The largest absolute Gasteiger partial charge is 0.357 e. The highest BCUT2D eigenvalue weighted by molar-refractivity contribution is 5.05. The van der Waals surface area contributed by atoms with E-state index in [0.29, 0.717) is 12.2 Å². The minimum absolute atomic E-state index is 0.650. The Kier molecular flexibility index (Phi) is 0.961. The van der Waals surface area contributed by atoms with Crippen molar-refractivity contribution in [1.29, 1.82) is 0 Å². The fourth-order valence-electron chi connectivity index (χ4n) is 3.29. The van der Waals surface area contributed by atoms with Gasteiger partial charge in [-0.25, -0.2) is 0 Å². The van der Waals surface area contributed by atoms with Gasteiger partial charge in [0.2, 0.25) is 0 Å². The van der Waals surface area contributed by atoms with Gasteiger partial charge in [0, 0.05) is 12.8 Å². The van der Waals surface area contributed by atoms with Gasteiger partial charge in [0.1, 0.15) is 24.3 Å². The summed E-state index contributed by atoms with van der Waals surface area (Å²) >= 11 is 0. The molecule has 0 amide bonds. The molecule has 2 bridgehead atoms. The molecule has 0 saturated carbocycles. The molecule has 0 radical (unpaired) electrons. The minimum atomic E-state index is 0.650. The Hall–Kier alpha value is -0.0800. The summed E-state index contributed by atoms with van der Waals surface area (Å²) in [6.07, 6.45) is 5.53. The molecule has 62 valence electrons. The van der Waals surface area contributed by atoms with Crippen LogP contribution < -0.4 is 0 Å². The van der Waals surface area contributed by atoms with Gasteiger partial charge < -0.3 is 9.22 Å². The van der Waals surface area contributed by atoms with Crippen molar-refractivity contribution in [2.45, 2.75) is 43.6 Å². The molecule has 3 fully saturated rings. The molecular formula is C9H16NO+. The van der Waals surface area contributed by atoms with E-state index in [1.807, 2.05) is 0 Å². The van der Waals surface area contributed by atoms with Crippen molar-refractivity contribution >= 4 is 0 Å². The first-order valence-electron chi connectivity index (χ1n) is 4.70. The molecule has 3 rings (SSSR count). The molecule has 0 aromatic heterocycles. The number of rotatable bonds is 0. The highest BCUT2D eigenvalue weighted by atomic mass is 16.6. The smallest absolute Gasteiger partial charge is 0.142 e. The molecule has 3 aliphatic rings. The average molecular weight is 154 g/mol. The van der Waals surface area contributed by atoms with Crippen LogP contribution in [0.4, 0.5) is 0 Å². The second-order valence-electron chi connectivity index (χ2n) is 4.76. The van der Waals surface area contributed by atoms with Crippen molar-refractivity contribution in [2.24, 2.45) is 0 Å². The lowest BCUT2D eigenvalue weighted by atomic mass is 10.00. The molecule has 3 aliphatic heterocycles. The molecule has 0 spiro atoms. The predicted octanol–water partition coefficient (Wildman–Crippen LogP) is 0.765. The van der Waals surface area contributed by atoms with Gasteiger partial charge in [0.15, 0.2) is 0 Å². The summed E-state index contributed by atoms with van der Waals surface area (Å²) in [5.74, 6) is 0. The van der Waals surface area contributed by atoms with Crippen LogP contribution in [0.25, 0.3) is 0 Å². The third kappa shape index (κ3) is 0.611. The van der Waals surface area contributed by atoms with Crippen LogP contribution in [0.3, 0.4) is 0 Å². The van der Waals surface area contributed by atoms with E-state index in [1.54, 1.807) is 0 Å². The number of hydrogen-bond donors (Lipinski definition) is 0. The van der Waals surface area contributed by atoms with E-state index in [1.165, 1.54) is 23.7 Å². The molecule has 4 atom stereocenters. The second-order valence-corrected chi connectivity index (χ2v) is 4.76. The molecule has 11 heavy (non-hydrogen) atoms. The topological polar surface area (TPSA) is 12.5 Å². The zero-order valence-corrected chi connectivity index (χ0v) is 7.29. The first kappa shape index (κ1) is 6.44. The number of piperidine rings is 1. The number of fused-ring (bicyclic) bond motifs is 5. The number of morpholine rings is 1. The van der Waals surface area contributed by atoms with Crippen LogP contribution in [-0.2, 0) is 4.74 Å². The van der Waals surface area contributed by atoms with E-state index in [0.717, 1.165) is 12.1 Å².